The number of aliphatic imine (C=N–C) groups is 1. The van der Waals surface area contributed by atoms with Crippen LogP contribution >= 0.6 is 39.3 Å². The van der Waals surface area contributed by atoms with Crippen LogP contribution < -0.4 is 0 Å². The molecule has 2 heterocycles. The number of nitrogens with zero attached hydrogens (tertiary/aromatic N) is 4. The van der Waals surface area contributed by atoms with Crippen LogP contribution in [0.3, 0.4) is 0 Å². The van der Waals surface area contributed by atoms with Crippen molar-refractivity contribution >= 4 is 67.8 Å². The van der Waals surface area contributed by atoms with Gasteiger partial charge < -0.3 is 0 Å². The molecule has 0 spiro atoms. The van der Waals surface area contributed by atoms with Crippen molar-refractivity contribution in [3.63, 3.8) is 0 Å². The van der Waals surface area contributed by atoms with Gasteiger partial charge in [0.25, 0.3) is 11.6 Å². The lowest BCUT2D eigenvalue weighted by molar-refractivity contribution is -0.384. The summed E-state index contributed by atoms with van der Waals surface area (Å²) in [5, 5.41) is 18.8. The fourth-order valence-corrected chi connectivity index (χ4v) is 5.13. The number of halogens is 2. The van der Waals surface area contributed by atoms with Crippen molar-refractivity contribution in [2.24, 2.45) is 10.1 Å². The third kappa shape index (κ3) is 5.07. The summed E-state index contributed by atoms with van der Waals surface area (Å²) in [5.74, 6) is -0.404. The van der Waals surface area contributed by atoms with Gasteiger partial charge in [-0.15, -0.1) is 0 Å². The highest BCUT2D eigenvalue weighted by molar-refractivity contribution is 9.10. The van der Waals surface area contributed by atoms with Gasteiger partial charge in [-0.05, 0) is 58.8 Å². The lowest BCUT2D eigenvalue weighted by atomic mass is 9.99. The van der Waals surface area contributed by atoms with E-state index >= 15 is 0 Å². The highest BCUT2D eigenvalue weighted by atomic mass is 79.9. The topological polar surface area (TPSA) is 88.2 Å². The smallest absolute Gasteiger partial charge is 0.266 e. The van der Waals surface area contributed by atoms with E-state index in [-0.39, 0.29) is 11.7 Å². The maximum absolute atomic E-state index is 12.7. The summed E-state index contributed by atoms with van der Waals surface area (Å²) in [6, 6.07) is 21.4. The molecular formula is C25H16BrClN4O3S. The number of carbonyl (C=O) groups is 1. The molecule has 0 aromatic heterocycles. The fourth-order valence-electron chi connectivity index (χ4n) is 3.82. The highest BCUT2D eigenvalue weighted by Crippen LogP contribution is 2.40. The first-order valence-corrected chi connectivity index (χ1v) is 12.5. The first-order valence-electron chi connectivity index (χ1n) is 10.5. The van der Waals surface area contributed by atoms with Crippen molar-refractivity contribution in [1.29, 1.82) is 0 Å². The molecule has 0 N–H and O–H groups in total. The number of benzene rings is 3. The van der Waals surface area contributed by atoms with Crippen LogP contribution in [0.2, 0.25) is 5.02 Å². The molecule has 0 bridgehead atoms. The van der Waals surface area contributed by atoms with Crippen LogP contribution in [0.15, 0.2) is 92.3 Å². The number of amidine groups is 1. The second-order valence-electron chi connectivity index (χ2n) is 7.83. The number of nitro benzene ring substituents is 1. The Balaban J connectivity index is 1.47. The van der Waals surface area contributed by atoms with Crippen LogP contribution in [0, 0.1) is 10.1 Å². The Morgan fingerprint density at radius 3 is 2.57 bits per heavy atom. The number of non-ortho nitro benzene ring substituents is 1. The van der Waals surface area contributed by atoms with E-state index in [4.69, 9.17) is 16.7 Å². The summed E-state index contributed by atoms with van der Waals surface area (Å²) in [7, 11) is 0. The second kappa shape index (κ2) is 9.77. The van der Waals surface area contributed by atoms with E-state index in [0.717, 1.165) is 21.3 Å². The number of hydrogen-bond donors (Lipinski definition) is 0. The molecular weight excluding hydrogens is 552 g/mol. The molecule has 1 amide bonds. The van der Waals surface area contributed by atoms with Gasteiger partial charge in [-0.1, -0.05) is 63.9 Å². The number of rotatable bonds is 4. The quantitative estimate of drug-likeness (QED) is 0.196. The van der Waals surface area contributed by atoms with Crippen LogP contribution in [-0.4, -0.2) is 26.7 Å². The Hall–Kier alpha value is -3.27. The van der Waals surface area contributed by atoms with Crippen LogP contribution in [0.1, 0.15) is 29.2 Å². The first kappa shape index (κ1) is 23.5. The molecule has 7 nitrogen and oxygen atoms in total. The number of hydrazone groups is 1. The van der Waals surface area contributed by atoms with Gasteiger partial charge >= 0.3 is 0 Å². The number of hydrogen-bond acceptors (Lipinski definition) is 6. The largest absolute Gasteiger partial charge is 0.286 e. The third-order valence-corrected chi connectivity index (χ3v) is 7.28. The van der Waals surface area contributed by atoms with Crippen molar-refractivity contribution in [2.75, 3.05) is 0 Å². The summed E-state index contributed by atoms with van der Waals surface area (Å²) in [5.41, 5.74) is 3.38. The van der Waals surface area contributed by atoms with Gasteiger partial charge in [0.15, 0.2) is 5.17 Å². The predicted molar refractivity (Wildman–Crippen MR) is 142 cm³/mol. The van der Waals surface area contributed by atoms with Crippen LogP contribution in [0.25, 0.3) is 6.08 Å². The lowest BCUT2D eigenvalue weighted by Crippen LogP contribution is -2.23. The van der Waals surface area contributed by atoms with Crippen LogP contribution in [-0.2, 0) is 4.79 Å². The van der Waals surface area contributed by atoms with Crippen molar-refractivity contribution in [1.82, 2.24) is 5.01 Å². The number of amides is 1. The fraction of sp³-hybridized carbons (Fsp3) is 0.0800. The Morgan fingerprint density at radius 1 is 1.11 bits per heavy atom. The van der Waals surface area contributed by atoms with Crippen molar-refractivity contribution in [2.45, 2.75) is 12.5 Å². The highest BCUT2D eigenvalue weighted by Gasteiger charge is 2.36. The second-order valence-corrected chi connectivity index (χ2v) is 10.2. The minimum absolute atomic E-state index is 0.0398. The van der Waals surface area contributed by atoms with Crippen molar-refractivity contribution in [3.8, 4) is 0 Å². The van der Waals surface area contributed by atoms with Crippen molar-refractivity contribution in [3.05, 3.63) is 114 Å². The molecule has 3 aromatic rings. The van der Waals surface area contributed by atoms with Gasteiger partial charge in [0.2, 0.25) is 0 Å². The SMILES string of the molecule is O=C1N=C(N2N=C(c3ccc(Br)cc3)CC2c2ccc(Cl)cc2)S/C1=C/c1cccc([N+](=O)[O-])c1. The van der Waals surface area contributed by atoms with Gasteiger partial charge in [-0.2, -0.15) is 10.1 Å². The molecule has 1 unspecified atom stereocenters. The third-order valence-electron chi connectivity index (χ3n) is 5.53. The van der Waals surface area contributed by atoms with E-state index < -0.39 is 10.8 Å². The number of carbonyl (C=O) groups excluding carboxylic acids is 1. The van der Waals surface area contributed by atoms with Gasteiger partial charge in [0.05, 0.1) is 21.6 Å². The Morgan fingerprint density at radius 2 is 1.86 bits per heavy atom. The minimum atomic E-state index is -0.465. The maximum Gasteiger partial charge on any atom is 0.286 e. The molecule has 0 fully saturated rings. The molecule has 0 saturated heterocycles. The van der Waals surface area contributed by atoms with E-state index in [1.54, 1.807) is 23.2 Å². The summed E-state index contributed by atoms with van der Waals surface area (Å²) in [6.07, 6.45) is 2.24. The Labute approximate surface area is 218 Å². The van der Waals surface area contributed by atoms with E-state index in [9.17, 15) is 14.9 Å². The Kier molecular flexibility index (Phi) is 6.55. The normalized spacial score (nSPS) is 18.7. The van der Waals surface area contributed by atoms with Gasteiger partial charge in [-0.3, -0.25) is 14.9 Å². The maximum atomic E-state index is 12.7. The average Bonchev–Trinajstić information content (AvgIpc) is 3.44. The van der Waals surface area contributed by atoms with E-state index in [0.29, 0.717) is 27.1 Å². The number of nitro groups is 1. The lowest BCUT2D eigenvalue weighted by Gasteiger charge is -2.22. The standard InChI is InChI=1S/C25H16BrClN4O3S/c26-18-8-4-16(5-9-18)21-14-22(17-6-10-19(27)11-7-17)30(29-21)25-28-24(32)23(35-25)13-15-2-1-3-20(12-15)31(33)34/h1-13,22H,14H2/b23-13+. The zero-order chi connectivity index (χ0) is 24.5. The zero-order valence-electron chi connectivity index (χ0n) is 18.0. The molecule has 174 valence electrons. The van der Waals surface area contributed by atoms with Crippen LogP contribution in [0.4, 0.5) is 5.69 Å². The summed E-state index contributed by atoms with van der Waals surface area (Å²) < 4.78 is 0.975. The van der Waals surface area contributed by atoms with E-state index in [1.807, 2.05) is 48.5 Å². The molecule has 2 aliphatic heterocycles. The van der Waals surface area contributed by atoms with Gasteiger partial charge in [0, 0.05) is 28.0 Å². The number of thioether (sulfide) groups is 1. The minimum Gasteiger partial charge on any atom is -0.266 e. The van der Waals surface area contributed by atoms with E-state index in [2.05, 4.69) is 20.9 Å². The first-order chi connectivity index (χ1) is 16.9. The van der Waals surface area contributed by atoms with Gasteiger partial charge in [-0.25, -0.2) is 5.01 Å². The molecule has 0 saturated carbocycles. The summed E-state index contributed by atoms with van der Waals surface area (Å²) in [4.78, 5) is 28.0. The Bertz CT molecular complexity index is 1420. The zero-order valence-corrected chi connectivity index (χ0v) is 21.1. The molecule has 2 aliphatic rings. The molecule has 3 aromatic carbocycles. The van der Waals surface area contributed by atoms with Crippen molar-refractivity contribution < 1.29 is 9.72 Å². The molecule has 10 heteroatoms. The summed E-state index contributed by atoms with van der Waals surface area (Å²) in [6.45, 7) is 0. The monoisotopic (exact) mass is 566 g/mol. The van der Waals surface area contributed by atoms with Gasteiger partial charge in [0.1, 0.15) is 0 Å². The molecule has 35 heavy (non-hydrogen) atoms. The predicted octanol–water partition coefficient (Wildman–Crippen LogP) is 6.83. The molecule has 5 rings (SSSR count). The van der Waals surface area contributed by atoms with Crippen LogP contribution in [0.5, 0.6) is 0 Å². The summed E-state index contributed by atoms with van der Waals surface area (Å²) >= 11 is 10.8. The van der Waals surface area contributed by atoms with E-state index in [1.165, 1.54) is 23.9 Å². The molecule has 0 aliphatic carbocycles. The molecule has 1 atom stereocenters. The average molecular weight is 568 g/mol. The molecule has 0 radical (unpaired) electrons.